The van der Waals surface area contributed by atoms with Crippen molar-refractivity contribution in [3.63, 3.8) is 0 Å². The van der Waals surface area contributed by atoms with Gasteiger partial charge in [-0.05, 0) is 57.8 Å². The molecule has 6 heteroatoms. The van der Waals surface area contributed by atoms with Gasteiger partial charge in [0.05, 0.1) is 6.04 Å². The lowest BCUT2D eigenvalue weighted by molar-refractivity contribution is -0.0164. The Morgan fingerprint density at radius 1 is 1.21 bits per heavy atom. The zero-order chi connectivity index (χ0) is 19.4. The topological polar surface area (TPSA) is 62.0 Å². The second-order valence-corrected chi connectivity index (χ2v) is 8.01. The molecule has 0 radical (unpaired) electrons. The van der Waals surface area contributed by atoms with E-state index in [-0.39, 0.29) is 11.6 Å². The van der Waals surface area contributed by atoms with Gasteiger partial charge in [0.2, 0.25) is 0 Å². The minimum Gasteiger partial charge on any atom is -0.459 e. The molecule has 2 N–H and O–H groups in total. The van der Waals surface area contributed by atoms with Crippen molar-refractivity contribution in [1.29, 1.82) is 0 Å². The number of guanidine groups is 1. The van der Waals surface area contributed by atoms with Crippen LogP contribution in [0.25, 0.3) is 11.0 Å². The Kier molecular flexibility index (Phi) is 5.87. The lowest BCUT2D eigenvalue weighted by atomic mass is 9.88. The maximum absolute atomic E-state index is 6.00. The van der Waals surface area contributed by atoms with Gasteiger partial charge in [-0.15, -0.1) is 0 Å². The molecule has 28 heavy (non-hydrogen) atoms. The van der Waals surface area contributed by atoms with E-state index in [1.54, 1.807) is 0 Å². The Labute approximate surface area is 167 Å². The first-order valence-corrected chi connectivity index (χ1v) is 10.5. The van der Waals surface area contributed by atoms with Crippen LogP contribution >= 0.6 is 0 Å². The highest BCUT2D eigenvalue weighted by molar-refractivity contribution is 5.81. The SMILES string of the molecule is CN=C(NCC1(N2CCCC2)CCOCC1)NC(C)c1cc2ccccc2o1. The van der Waals surface area contributed by atoms with Crippen LogP contribution in [0.3, 0.4) is 0 Å². The first kappa shape index (κ1) is 19.3. The monoisotopic (exact) mass is 384 g/mol. The minimum absolute atomic E-state index is 0.0380. The van der Waals surface area contributed by atoms with Crippen molar-refractivity contribution < 1.29 is 9.15 Å². The molecule has 3 heterocycles. The highest BCUT2D eigenvalue weighted by Gasteiger charge is 2.39. The summed E-state index contributed by atoms with van der Waals surface area (Å²) in [6.45, 7) is 7.09. The van der Waals surface area contributed by atoms with E-state index in [1.165, 1.54) is 25.9 Å². The first-order chi connectivity index (χ1) is 13.7. The van der Waals surface area contributed by atoms with E-state index in [1.807, 2.05) is 25.2 Å². The van der Waals surface area contributed by atoms with E-state index in [0.29, 0.717) is 0 Å². The Morgan fingerprint density at radius 2 is 1.96 bits per heavy atom. The molecule has 2 fully saturated rings. The number of furan rings is 1. The fraction of sp³-hybridized carbons (Fsp3) is 0.591. The molecule has 2 saturated heterocycles. The predicted octanol–water partition coefficient (Wildman–Crippen LogP) is 3.30. The number of ether oxygens (including phenoxy) is 1. The highest BCUT2D eigenvalue weighted by Crippen LogP contribution is 2.31. The Bertz CT molecular complexity index is 771. The molecular weight excluding hydrogens is 352 g/mol. The molecular formula is C22H32N4O2. The highest BCUT2D eigenvalue weighted by atomic mass is 16.5. The third kappa shape index (κ3) is 4.03. The van der Waals surface area contributed by atoms with Crippen molar-refractivity contribution in [3.05, 3.63) is 36.1 Å². The third-order valence-electron chi connectivity index (χ3n) is 6.23. The fourth-order valence-electron chi connectivity index (χ4n) is 4.48. The second-order valence-electron chi connectivity index (χ2n) is 8.01. The largest absolute Gasteiger partial charge is 0.459 e. The summed E-state index contributed by atoms with van der Waals surface area (Å²) >= 11 is 0. The molecule has 0 bridgehead atoms. The molecule has 1 unspecified atom stereocenters. The quantitative estimate of drug-likeness (QED) is 0.612. The molecule has 6 nitrogen and oxygen atoms in total. The van der Waals surface area contributed by atoms with Crippen LogP contribution in [0.4, 0.5) is 0 Å². The maximum Gasteiger partial charge on any atom is 0.191 e. The van der Waals surface area contributed by atoms with Crippen LogP contribution in [0.1, 0.15) is 44.4 Å². The van der Waals surface area contributed by atoms with E-state index in [2.05, 4.69) is 39.6 Å². The van der Waals surface area contributed by atoms with Gasteiger partial charge in [0, 0.05) is 37.7 Å². The summed E-state index contributed by atoms with van der Waals surface area (Å²) in [7, 11) is 1.83. The number of nitrogens with zero attached hydrogens (tertiary/aromatic N) is 2. The van der Waals surface area contributed by atoms with Gasteiger partial charge in [-0.25, -0.2) is 0 Å². The normalized spacial score (nSPS) is 21.7. The summed E-state index contributed by atoms with van der Waals surface area (Å²) in [6, 6.07) is 10.3. The third-order valence-corrected chi connectivity index (χ3v) is 6.23. The molecule has 0 spiro atoms. The fourth-order valence-corrected chi connectivity index (χ4v) is 4.48. The summed E-state index contributed by atoms with van der Waals surface area (Å²) < 4.78 is 11.7. The number of likely N-dealkylation sites (tertiary alicyclic amines) is 1. The van der Waals surface area contributed by atoms with Crippen LogP contribution in [0.5, 0.6) is 0 Å². The van der Waals surface area contributed by atoms with Crippen molar-refractivity contribution in [2.45, 2.75) is 44.2 Å². The van der Waals surface area contributed by atoms with Gasteiger partial charge in [0.15, 0.2) is 5.96 Å². The number of rotatable bonds is 5. The molecule has 0 amide bonds. The van der Waals surface area contributed by atoms with Crippen LogP contribution in [-0.2, 0) is 4.74 Å². The molecule has 1 atom stereocenters. The molecule has 2 aliphatic rings. The van der Waals surface area contributed by atoms with Crippen molar-refractivity contribution in [1.82, 2.24) is 15.5 Å². The summed E-state index contributed by atoms with van der Waals surface area (Å²) in [4.78, 5) is 7.12. The number of para-hydroxylation sites is 1. The standard InChI is InChI=1S/C22H32N4O2/c1-17(20-15-18-7-3-4-8-19(18)28-20)25-21(23-2)24-16-22(9-13-27-14-10-22)26-11-5-6-12-26/h3-4,7-8,15,17H,5-6,9-14,16H2,1-2H3,(H2,23,24,25). The van der Waals surface area contributed by atoms with Crippen LogP contribution in [0, 0.1) is 0 Å². The lowest BCUT2D eigenvalue weighted by Crippen LogP contribution is -2.58. The molecule has 1 aromatic heterocycles. The summed E-state index contributed by atoms with van der Waals surface area (Å²) in [6.07, 6.45) is 4.77. The zero-order valence-electron chi connectivity index (χ0n) is 17.0. The van der Waals surface area contributed by atoms with Crippen LogP contribution in [0.15, 0.2) is 39.7 Å². The second kappa shape index (κ2) is 8.53. The Hall–Kier alpha value is -2.05. The van der Waals surface area contributed by atoms with Crippen molar-refractivity contribution >= 4 is 16.9 Å². The predicted molar refractivity (Wildman–Crippen MR) is 113 cm³/mol. The van der Waals surface area contributed by atoms with Gasteiger partial charge >= 0.3 is 0 Å². The van der Waals surface area contributed by atoms with E-state index in [4.69, 9.17) is 9.15 Å². The van der Waals surface area contributed by atoms with Crippen molar-refractivity contribution in [2.24, 2.45) is 4.99 Å². The van der Waals surface area contributed by atoms with Crippen LogP contribution in [-0.4, -0.2) is 56.3 Å². The molecule has 2 aromatic rings. The first-order valence-electron chi connectivity index (χ1n) is 10.5. The van der Waals surface area contributed by atoms with Crippen LogP contribution < -0.4 is 10.6 Å². The zero-order valence-corrected chi connectivity index (χ0v) is 17.0. The van der Waals surface area contributed by atoms with Crippen molar-refractivity contribution in [3.8, 4) is 0 Å². The minimum atomic E-state index is 0.0380. The Balaban J connectivity index is 1.40. The average Bonchev–Trinajstić information content (AvgIpc) is 3.42. The van der Waals surface area contributed by atoms with Gasteiger partial charge in [0.1, 0.15) is 11.3 Å². The van der Waals surface area contributed by atoms with E-state index < -0.39 is 0 Å². The van der Waals surface area contributed by atoms with Gasteiger partial charge in [-0.2, -0.15) is 0 Å². The number of aliphatic imine (C=N–C) groups is 1. The van der Waals surface area contributed by atoms with Gasteiger partial charge in [-0.1, -0.05) is 18.2 Å². The molecule has 152 valence electrons. The van der Waals surface area contributed by atoms with Crippen molar-refractivity contribution in [2.75, 3.05) is 39.9 Å². The van der Waals surface area contributed by atoms with Gasteiger partial charge in [0.25, 0.3) is 0 Å². The van der Waals surface area contributed by atoms with Gasteiger partial charge < -0.3 is 19.8 Å². The molecule has 0 saturated carbocycles. The van der Waals surface area contributed by atoms with E-state index in [9.17, 15) is 0 Å². The Morgan fingerprint density at radius 3 is 2.68 bits per heavy atom. The smallest absolute Gasteiger partial charge is 0.191 e. The molecule has 2 aliphatic heterocycles. The summed E-state index contributed by atoms with van der Waals surface area (Å²) in [5.74, 6) is 1.74. The maximum atomic E-state index is 6.00. The van der Waals surface area contributed by atoms with Gasteiger partial charge in [-0.3, -0.25) is 9.89 Å². The average molecular weight is 385 g/mol. The summed E-state index contributed by atoms with van der Waals surface area (Å²) in [5.41, 5.74) is 1.10. The number of hydrogen-bond donors (Lipinski definition) is 2. The molecule has 4 rings (SSSR count). The summed E-state index contributed by atoms with van der Waals surface area (Å²) in [5, 5.41) is 8.21. The van der Waals surface area contributed by atoms with E-state index >= 15 is 0 Å². The number of benzene rings is 1. The molecule has 0 aliphatic carbocycles. The number of fused-ring (bicyclic) bond motifs is 1. The lowest BCUT2D eigenvalue weighted by Gasteiger charge is -2.45. The number of hydrogen-bond acceptors (Lipinski definition) is 4. The van der Waals surface area contributed by atoms with Crippen LogP contribution in [0.2, 0.25) is 0 Å². The molecule has 1 aromatic carbocycles. The number of nitrogens with one attached hydrogen (secondary N) is 2. The van der Waals surface area contributed by atoms with E-state index in [0.717, 1.165) is 55.3 Å².